The van der Waals surface area contributed by atoms with Crippen LogP contribution >= 0.6 is 11.3 Å². The maximum absolute atomic E-state index is 11.5. The summed E-state index contributed by atoms with van der Waals surface area (Å²) in [6.45, 7) is 0.686. The van der Waals surface area contributed by atoms with Gasteiger partial charge in [0.25, 0.3) is 0 Å². The second-order valence-corrected chi connectivity index (χ2v) is 4.92. The number of hydrogen-bond donors (Lipinski definition) is 3. The summed E-state index contributed by atoms with van der Waals surface area (Å²) in [7, 11) is 0. The molecule has 1 fully saturated rings. The van der Waals surface area contributed by atoms with E-state index in [9.17, 15) is 9.59 Å². The number of hydrogen-bond acceptors (Lipinski definition) is 5. The molecule has 8 heteroatoms. The molecule has 19 heavy (non-hydrogen) atoms. The molecule has 2 heterocycles. The van der Waals surface area contributed by atoms with Crippen molar-refractivity contribution in [1.82, 2.24) is 15.6 Å². The van der Waals surface area contributed by atoms with Crippen molar-refractivity contribution < 1.29 is 19.4 Å². The molecular weight excluding hydrogens is 270 g/mol. The number of aromatic nitrogens is 1. The lowest BCUT2D eigenvalue weighted by atomic mass is 10.2. The number of carbonyl (C=O) groups excluding carboxylic acids is 1. The molecule has 2 amide bonds. The van der Waals surface area contributed by atoms with Gasteiger partial charge >= 0.3 is 12.0 Å². The van der Waals surface area contributed by atoms with Crippen LogP contribution in [-0.4, -0.2) is 40.8 Å². The van der Waals surface area contributed by atoms with Crippen molar-refractivity contribution in [1.29, 1.82) is 0 Å². The summed E-state index contributed by atoms with van der Waals surface area (Å²) in [4.78, 5) is 26.2. The smallest absolute Gasteiger partial charge is 0.332 e. The molecule has 0 aliphatic carbocycles. The molecule has 2 unspecified atom stereocenters. The Kier molecular flexibility index (Phi) is 4.69. The molecule has 0 saturated carbocycles. The van der Waals surface area contributed by atoms with Crippen LogP contribution in [0.5, 0.6) is 0 Å². The number of ether oxygens (including phenoxy) is 1. The molecule has 2 atom stereocenters. The van der Waals surface area contributed by atoms with Crippen molar-refractivity contribution in [3.05, 3.63) is 16.6 Å². The summed E-state index contributed by atoms with van der Waals surface area (Å²) in [5.41, 5.74) is 2.51. The van der Waals surface area contributed by atoms with Gasteiger partial charge < -0.3 is 20.5 Å². The van der Waals surface area contributed by atoms with Gasteiger partial charge in [0, 0.05) is 11.9 Å². The van der Waals surface area contributed by atoms with Crippen LogP contribution in [0.2, 0.25) is 0 Å². The van der Waals surface area contributed by atoms with Gasteiger partial charge in [0.1, 0.15) is 0 Å². The summed E-state index contributed by atoms with van der Waals surface area (Å²) < 4.78 is 5.27. The maximum atomic E-state index is 11.5. The van der Waals surface area contributed by atoms with E-state index in [0.29, 0.717) is 25.9 Å². The molecule has 2 rings (SSSR count). The predicted molar refractivity (Wildman–Crippen MR) is 67.9 cm³/mol. The Morgan fingerprint density at radius 3 is 2.95 bits per heavy atom. The number of thiazole rings is 1. The number of carboxylic acid groups (broad SMARTS) is 1. The zero-order valence-electron chi connectivity index (χ0n) is 10.2. The lowest BCUT2D eigenvalue weighted by molar-refractivity contribution is -0.149. The minimum absolute atomic E-state index is 0.230. The van der Waals surface area contributed by atoms with Crippen LogP contribution in [0.3, 0.4) is 0 Å². The first-order valence-electron chi connectivity index (χ1n) is 5.92. The van der Waals surface area contributed by atoms with Crippen LogP contribution in [0.1, 0.15) is 18.5 Å². The second kappa shape index (κ2) is 6.48. The Labute approximate surface area is 114 Å². The molecule has 1 aromatic rings. The molecule has 1 aromatic heterocycles. The monoisotopic (exact) mass is 285 g/mol. The lowest BCUT2D eigenvalue weighted by Gasteiger charge is -2.12. The van der Waals surface area contributed by atoms with E-state index in [2.05, 4.69) is 15.6 Å². The van der Waals surface area contributed by atoms with E-state index in [1.165, 1.54) is 11.3 Å². The van der Waals surface area contributed by atoms with E-state index in [0.717, 1.165) is 5.69 Å². The fourth-order valence-electron chi connectivity index (χ4n) is 1.80. The van der Waals surface area contributed by atoms with Crippen molar-refractivity contribution >= 4 is 23.3 Å². The van der Waals surface area contributed by atoms with Gasteiger partial charge in [-0.25, -0.2) is 14.6 Å². The van der Waals surface area contributed by atoms with Gasteiger partial charge in [-0.2, -0.15) is 0 Å². The molecule has 0 spiro atoms. The average Bonchev–Trinajstić information content (AvgIpc) is 3.05. The average molecular weight is 285 g/mol. The molecule has 1 saturated heterocycles. The van der Waals surface area contributed by atoms with Crippen LogP contribution in [-0.2, 0) is 16.1 Å². The van der Waals surface area contributed by atoms with Crippen molar-refractivity contribution in [2.75, 3.05) is 6.54 Å². The zero-order chi connectivity index (χ0) is 13.7. The highest BCUT2D eigenvalue weighted by atomic mass is 32.1. The highest BCUT2D eigenvalue weighted by Gasteiger charge is 2.30. The van der Waals surface area contributed by atoms with Crippen molar-refractivity contribution in [2.24, 2.45) is 0 Å². The Morgan fingerprint density at radius 1 is 1.47 bits per heavy atom. The quantitative estimate of drug-likeness (QED) is 0.734. The minimum atomic E-state index is -0.949. The van der Waals surface area contributed by atoms with Crippen molar-refractivity contribution in [3.8, 4) is 0 Å². The van der Waals surface area contributed by atoms with Gasteiger partial charge in [-0.05, 0) is 12.8 Å². The lowest BCUT2D eigenvalue weighted by Crippen LogP contribution is -2.39. The van der Waals surface area contributed by atoms with Crippen LogP contribution in [0.25, 0.3) is 0 Å². The largest absolute Gasteiger partial charge is 0.479 e. The van der Waals surface area contributed by atoms with Crippen LogP contribution in [0.4, 0.5) is 4.79 Å². The molecule has 0 radical (unpaired) electrons. The van der Waals surface area contributed by atoms with Gasteiger partial charge in [0.15, 0.2) is 6.10 Å². The fourth-order valence-corrected chi connectivity index (χ4v) is 2.36. The minimum Gasteiger partial charge on any atom is -0.479 e. The molecule has 1 aliphatic rings. The standard InChI is InChI=1S/C11H15N3O4S/c15-10(16)9-2-1-8(18-9)4-13-11(17)12-3-7-5-19-6-14-7/h5-6,8-9H,1-4H2,(H,15,16)(H2,12,13,17). The number of aliphatic carboxylic acids is 1. The first-order valence-corrected chi connectivity index (χ1v) is 6.86. The molecule has 1 aliphatic heterocycles. The number of carbonyl (C=O) groups is 2. The highest BCUT2D eigenvalue weighted by Crippen LogP contribution is 2.19. The third kappa shape index (κ3) is 4.18. The number of rotatable bonds is 5. The normalized spacial score (nSPS) is 22.1. The molecule has 7 nitrogen and oxygen atoms in total. The Hall–Kier alpha value is -1.67. The van der Waals surface area contributed by atoms with Crippen LogP contribution in [0, 0.1) is 0 Å². The first-order chi connectivity index (χ1) is 9.15. The summed E-state index contributed by atoms with van der Waals surface area (Å²) in [5, 5.41) is 15.9. The van der Waals surface area contributed by atoms with Gasteiger partial charge in [-0.15, -0.1) is 11.3 Å². The molecule has 0 bridgehead atoms. The van der Waals surface area contributed by atoms with E-state index in [4.69, 9.17) is 9.84 Å². The fraction of sp³-hybridized carbons (Fsp3) is 0.545. The van der Waals surface area contributed by atoms with E-state index in [1.807, 2.05) is 5.38 Å². The highest BCUT2D eigenvalue weighted by molar-refractivity contribution is 7.07. The van der Waals surface area contributed by atoms with E-state index >= 15 is 0 Å². The molecule has 104 valence electrons. The Bertz CT molecular complexity index is 437. The number of carboxylic acids is 1. The predicted octanol–water partition coefficient (Wildman–Crippen LogP) is 0.575. The summed E-state index contributed by atoms with van der Waals surface area (Å²) in [6, 6.07) is -0.310. The van der Waals surface area contributed by atoms with Crippen LogP contribution in [0.15, 0.2) is 10.9 Å². The molecule has 3 N–H and O–H groups in total. The van der Waals surface area contributed by atoms with E-state index in [1.54, 1.807) is 5.51 Å². The number of nitrogens with one attached hydrogen (secondary N) is 2. The van der Waals surface area contributed by atoms with Gasteiger partial charge in [-0.3, -0.25) is 0 Å². The zero-order valence-corrected chi connectivity index (χ0v) is 11.0. The third-order valence-corrected chi connectivity index (χ3v) is 3.42. The number of amides is 2. The Morgan fingerprint density at radius 2 is 2.32 bits per heavy atom. The van der Waals surface area contributed by atoms with Gasteiger partial charge in [0.2, 0.25) is 0 Å². The summed E-state index contributed by atoms with van der Waals surface area (Å²) >= 11 is 1.47. The van der Waals surface area contributed by atoms with Gasteiger partial charge in [0.05, 0.1) is 23.9 Å². The Balaban J connectivity index is 1.63. The summed E-state index contributed by atoms with van der Waals surface area (Å²) in [6.07, 6.45) is 0.154. The topological polar surface area (TPSA) is 101 Å². The maximum Gasteiger partial charge on any atom is 0.332 e. The number of nitrogens with zero attached hydrogens (tertiary/aromatic N) is 1. The van der Waals surface area contributed by atoms with Crippen molar-refractivity contribution in [2.45, 2.75) is 31.6 Å². The van der Waals surface area contributed by atoms with Crippen LogP contribution < -0.4 is 10.6 Å². The molecule has 0 aromatic carbocycles. The van der Waals surface area contributed by atoms with E-state index in [-0.39, 0.29) is 12.1 Å². The van der Waals surface area contributed by atoms with Crippen molar-refractivity contribution in [3.63, 3.8) is 0 Å². The first kappa shape index (κ1) is 13.8. The summed E-state index contributed by atoms with van der Waals surface area (Å²) in [5.74, 6) is -0.949. The van der Waals surface area contributed by atoms with E-state index < -0.39 is 12.1 Å². The third-order valence-electron chi connectivity index (χ3n) is 2.79. The van der Waals surface area contributed by atoms with Gasteiger partial charge in [-0.1, -0.05) is 0 Å². The SMILES string of the molecule is O=C(NCc1cscn1)NCC1CCC(C(=O)O)O1. The number of urea groups is 1. The second-order valence-electron chi connectivity index (χ2n) is 4.21. The molecular formula is C11H15N3O4S.